The molecule has 3 atom stereocenters. The quantitative estimate of drug-likeness (QED) is 0.277. The van der Waals surface area contributed by atoms with Crippen molar-refractivity contribution in [2.75, 3.05) is 38.3 Å². The van der Waals surface area contributed by atoms with Gasteiger partial charge in [0.2, 0.25) is 5.91 Å². The number of aliphatic carboxylic acids is 1. The molecular formula is C34H39FN2O5. The lowest BCUT2D eigenvalue weighted by Crippen LogP contribution is -2.41. The number of aryl methyl sites for hydroxylation is 1. The van der Waals surface area contributed by atoms with Crippen LogP contribution in [-0.2, 0) is 16.0 Å². The first-order valence-corrected chi connectivity index (χ1v) is 14.7. The highest BCUT2D eigenvalue weighted by Gasteiger charge is 2.48. The van der Waals surface area contributed by atoms with Crippen molar-refractivity contribution < 1.29 is 28.6 Å². The summed E-state index contributed by atoms with van der Waals surface area (Å²) in [7, 11) is 1.59. The van der Waals surface area contributed by atoms with Gasteiger partial charge in [0.1, 0.15) is 17.3 Å². The molecule has 0 bridgehead atoms. The van der Waals surface area contributed by atoms with Gasteiger partial charge < -0.3 is 19.5 Å². The number of amides is 1. The molecule has 0 spiro atoms. The van der Waals surface area contributed by atoms with E-state index in [-0.39, 0.29) is 24.2 Å². The van der Waals surface area contributed by atoms with Gasteiger partial charge in [-0.05, 0) is 72.0 Å². The Bertz CT molecular complexity index is 1430. The van der Waals surface area contributed by atoms with Crippen LogP contribution in [0.1, 0.15) is 60.4 Å². The van der Waals surface area contributed by atoms with E-state index in [4.69, 9.17) is 9.47 Å². The van der Waals surface area contributed by atoms with Crippen molar-refractivity contribution in [3.8, 4) is 11.5 Å². The fourth-order valence-corrected chi connectivity index (χ4v) is 6.34. The van der Waals surface area contributed by atoms with Crippen LogP contribution in [0.25, 0.3) is 0 Å². The summed E-state index contributed by atoms with van der Waals surface area (Å²) >= 11 is 0. The van der Waals surface area contributed by atoms with Crippen LogP contribution in [0.3, 0.4) is 0 Å². The lowest BCUT2D eigenvalue weighted by molar-refractivity contribution is -0.143. The molecular weight excluding hydrogens is 535 g/mol. The van der Waals surface area contributed by atoms with E-state index in [0.29, 0.717) is 36.7 Å². The number of hydrogen-bond donors (Lipinski definition) is 1. The Morgan fingerprint density at radius 3 is 2.52 bits per heavy atom. The molecule has 2 heterocycles. The van der Waals surface area contributed by atoms with Crippen molar-refractivity contribution in [1.82, 2.24) is 4.90 Å². The molecule has 8 heteroatoms. The van der Waals surface area contributed by atoms with Crippen molar-refractivity contribution in [3.05, 3.63) is 88.7 Å². The number of fused-ring (bicyclic) bond motifs is 1. The minimum Gasteiger partial charge on any atom is -0.497 e. The first kappa shape index (κ1) is 29.6. The molecule has 0 aromatic heterocycles. The number of carbonyl (C=O) groups is 2. The Morgan fingerprint density at radius 1 is 1.07 bits per heavy atom. The van der Waals surface area contributed by atoms with Gasteiger partial charge in [0.05, 0.1) is 26.2 Å². The number of methoxy groups -OCH3 is 1. The molecule has 2 aliphatic heterocycles. The Balaban J connectivity index is 1.50. The molecule has 0 radical (unpaired) electrons. The fraction of sp³-hybridized carbons (Fsp3) is 0.412. The van der Waals surface area contributed by atoms with E-state index in [1.54, 1.807) is 31.1 Å². The second-order valence-corrected chi connectivity index (χ2v) is 11.3. The fourth-order valence-electron chi connectivity index (χ4n) is 6.34. The number of hydrogen-bond acceptors (Lipinski definition) is 5. The van der Waals surface area contributed by atoms with E-state index in [1.807, 2.05) is 41.3 Å². The number of carboxylic acids is 1. The van der Waals surface area contributed by atoms with E-state index in [2.05, 4.69) is 13.0 Å². The number of rotatable bonds is 11. The topological polar surface area (TPSA) is 79.3 Å². The molecule has 42 heavy (non-hydrogen) atoms. The summed E-state index contributed by atoms with van der Waals surface area (Å²) in [5, 5.41) is 10.6. The van der Waals surface area contributed by atoms with Crippen LogP contribution in [-0.4, -0.2) is 55.2 Å². The summed E-state index contributed by atoms with van der Waals surface area (Å²) in [5.41, 5.74) is 3.97. The number of ether oxygens (including phenoxy) is 2. The van der Waals surface area contributed by atoms with E-state index < -0.39 is 17.9 Å². The monoisotopic (exact) mass is 574 g/mol. The van der Waals surface area contributed by atoms with Crippen molar-refractivity contribution in [2.45, 2.75) is 51.5 Å². The summed E-state index contributed by atoms with van der Waals surface area (Å²) < 4.78 is 25.1. The maximum atomic E-state index is 14.1. The normalized spacial score (nSPS) is 19.8. The zero-order valence-electron chi connectivity index (χ0n) is 24.5. The van der Waals surface area contributed by atoms with Crippen LogP contribution in [0.5, 0.6) is 11.5 Å². The second-order valence-electron chi connectivity index (χ2n) is 11.3. The van der Waals surface area contributed by atoms with Crippen LogP contribution in [0.4, 0.5) is 10.1 Å². The van der Waals surface area contributed by atoms with Gasteiger partial charge in [0.25, 0.3) is 0 Å². The molecule has 1 N–H and O–H groups in total. The highest BCUT2D eigenvalue weighted by molar-refractivity contribution is 5.95. The van der Waals surface area contributed by atoms with Crippen LogP contribution in [0, 0.1) is 18.7 Å². The average Bonchev–Trinajstić information content (AvgIpc) is 3.61. The largest absolute Gasteiger partial charge is 0.497 e. The molecule has 1 saturated heterocycles. The summed E-state index contributed by atoms with van der Waals surface area (Å²) in [5.74, 6) is -0.923. The molecule has 5 rings (SSSR count). The molecule has 0 saturated carbocycles. The Labute approximate surface area is 246 Å². The zero-order chi connectivity index (χ0) is 29.8. The van der Waals surface area contributed by atoms with Crippen LogP contribution in [0.15, 0.2) is 60.7 Å². The minimum atomic E-state index is -0.901. The summed E-state index contributed by atoms with van der Waals surface area (Å²) in [6.45, 7) is 5.37. The number of anilines is 1. The number of benzene rings is 3. The third kappa shape index (κ3) is 6.14. The molecule has 3 aromatic rings. The van der Waals surface area contributed by atoms with E-state index in [9.17, 15) is 19.1 Å². The van der Waals surface area contributed by atoms with Crippen molar-refractivity contribution in [2.24, 2.45) is 5.92 Å². The predicted octanol–water partition coefficient (Wildman–Crippen LogP) is 6.14. The summed E-state index contributed by atoms with van der Waals surface area (Å²) in [6.07, 6.45) is 3.58. The molecule has 0 aliphatic carbocycles. The van der Waals surface area contributed by atoms with Crippen LogP contribution >= 0.6 is 0 Å². The maximum Gasteiger partial charge on any atom is 0.309 e. The first-order valence-electron chi connectivity index (χ1n) is 14.7. The Hall–Kier alpha value is -3.91. The van der Waals surface area contributed by atoms with Crippen molar-refractivity contribution in [3.63, 3.8) is 0 Å². The molecule has 3 unspecified atom stereocenters. The van der Waals surface area contributed by atoms with E-state index in [1.165, 1.54) is 6.07 Å². The molecule has 1 fully saturated rings. The van der Waals surface area contributed by atoms with Gasteiger partial charge in [-0.3, -0.25) is 14.5 Å². The lowest BCUT2D eigenvalue weighted by atomic mass is 9.82. The number of carboxylic acid groups (broad SMARTS) is 1. The summed E-state index contributed by atoms with van der Waals surface area (Å²) in [6, 6.07) is 17.6. The van der Waals surface area contributed by atoms with Gasteiger partial charge in [0, 0.05) is 37.2 Å². The number of carbonyl (C=O) groups excluding carboxylic acids is 1. The van der Waals surface area contributed by atoms with Crippen molar-refractivity contribution >= 4 is 17.6 Å². The molecule has 2 aliphatic rings. The first-order chi connectivity index (χ1) is 20.3. The number of nitrogens with zero attached hydrogens (tertiary/aromatic N) is 2. The second kappa shape index (κ2) is 12.9. The van der Waals surface area contributed by atoms with Gasteiger partial charge in [-0.2, -0.15) is 0 Å². The van der Waals surface area contributed by atoms with Gasteiger partial charge in [0.15, 0.2) is 0 Å². The highest BCUT2D eigenvalue weighted by atomic mass is 19.1. The zero-order valence-corrected chi connectivity index (χ0v) is 24.5. The Kier molecular flexibility index (Phi) is 9.12. The van der Waals surface area contributed by atoms with Gasteiger partial charge in [-0.1, -0.05) is 44.0 Å². The molecule has 7 nitrogen and oxygen atoms in total. The predicted molar refractivity (Wildman–Crippen MR) is 160 cm³/mol. The smallest absolute Gasteiger partial charge is 0.309 e. The maximum absolute atomic E-state index is 14.1. The van der Waals surface area contributed by atoms with Crippen LogP contribution in [0.2, 0.25) is 0 Å². The van der Waals surface area contributed by atoms with Crippen LogP contribution < -0.4 is 14.4 Å². The van der Waals surface area contributed by atoms with Gasteiger partial charge >= 0.3 is 5.97 Å². The third-order valence-corrected chi connectivity index (χ3v) is 8.56. The molecule has 222 valence electrons. The van der Waals surface area contributed by atoms with Crippen molar-refractivity contribution in [1.29, 1.82) is 0 Å². The highest BCUT2D eigenvalue weighted by Crippen LogP contribution is 2.47. The summed E-state index contributed by atoms with van der Waals surface area (Å²) in [4.78, 5) is 30.7. The molecule has 1 amide bonds. The SMILES string of the molecule is CCCCCN(C(=O)CN1CC(c2ccc3c(c2)CCO3)C(C(=O)O)C1c1ccc(OC)cc1)c1ccc(F)c(C)c1. The third-order valence-electron chi connectivity index (χ3n) is 8.56. The Morgan fingerprint density at radius 2 is 1.83 bits per heavy atom. The van der Waals surface area contributed by atoms with Gasteiger partial charge in [-0.25, -0.2) is 4.39 Å². The van der Waals surface area contributed by atoms with E-state index in [0.717, 1.165) is 48.1 Å². The average molecular weight is 575 g/mol. The number of unbranched alkanes of at least 4 members (excludes halogenated alkanes) is 2. The molecule has 3 aromatic carbocycles. The van der Waals surface area contributed by atoms with E-state index >= 15 is 0 Å². The standard InChI is InChI=1S/C34H39FN2O5/c1-4-5-6-16-37(26-10-13-29(35)22(2)18-26)31(38)21-36-20-28(24-9-14-30-25(19-24)15-17-42-30)32(34(39)40)33(36)23-7-11-27(41-3)12-8-23/h7-14,18-19,28,32-33H,4-6,15-17,20-21H2,1-3H3,(H,39,40). The number of halogens is 1. The van der Waals surface area contributed by atoms with Gasteiger partial charge in [-0.15, -0.1) is 0 Å². The number of likely N-dealkylation sites (tertiary alicyclic amines) is 1. The lowest BCUT2D eigenvalue weighted by Gasteiger charge is -2.30. The minimum absolute atomic E-state index is 0.0353.